The number of nitrogens with zero attached hydrogens (tertiary/aromatic N) is 2. The van der Waals surface area contributed by atoms with Crippen LogP contribution in [0.3, 0.4) is 0 Å². The lowest BCUT2D eigenvalue weighted by Gasteiger charge is -2.38. The molecule has 1 saturated carbocycles. The van der Waals surface area contributed by atoms with Gasteiger partial charge in [-0.15, -0.1) is 0 Å². The fourth-order valence-electron chi connectivity index (χ4n) is 4.67. The maximum Gasteiger partial charge on any atom is 0.248 e. The highest BCUT2D eigenvalue weighted by Gasteiger charge is 2.52. The number of carbonyl (C=O) groups is 2. The Labute approximate surface area is 170 Å². The molecule has 2 amide bonds. The van der Waals surface area contributed by atoms with E-state index in [1.165, 1.54) is 5.57 Å². The smallest absolute Gasteiger partial charge is 0.248 e. The van der Waals surface area contributed by atoms with Crippen LogP contribution in [0.1, 0.15) is 42.4 Å². The molecule has 4 rings (SSSR count). The van der Waals surface area contributed by atoms with Crippen molar-refractivity contribution < 1.29 is 14.8 Å². The van der Waals surface area contributed by atoms with E-state index < -0.39 is 17.9 Å². The predicted octanol–water partition coefficient (Wildman–Crippen LogP) is 1.75. The van der Waals surface area contributed by atoms with Crippen LogP contribution in [-0.2, 0) is 9.59 Å². The van der Waals surface area contributed by atoms with Crippen LogP contribution < -0.4 is 10.8 Å². The van der Waals surface area contributed by atoms with Gasteiger partial charge in [0.15, 0.2) is 0 Å². The highest BCUT2D eigenvalue weighted by molar-refractivity contribution is 5.90. The molecule has 1 saturated heterocycles. The van der Waals surface area contributed by atoms with Gasteiger partial charge in [-0.3, -0.25) is 14.8 Å². The average Bonchev–Trinajstić information content (AvgIpc) is 3.51. The molecular weight excluding hydrogens is 368 g/mol. The number of hydrogen-bond donors (Lipinski definition) is 3. The summed E-state index contributed by atoms with van der Waals surface area (Å²) in [6.45, 7) is 3.82. The van der Waals surface area contributed by atoms with Crippen molar-refractivity contribution in [3.05, 3.63) is 41.0 Å². The van der Waals surface area contributed by atoms with Gasteiger partial charge in [0.05, 0.1) is 23.6 Å². The first-order valence-electron chi connectivity index (χ1n) is 10.1. The van der Waals surface area contributed by atoms with Gasteiger partial charge in [0, 0.05) is 19.6 Å². The summed E-state index contributed by atoms with van der Waals surface area (Å²) in [5.74, 6) is -1.11. The largest absolute Gasteiger partial charge is 0.337 e. The fraction of sp³-hybridized carbons (Fsp3) is 0.500. The number of nitrogens with one attached hydrogen (secondary N) is 2. The Balaban J connectivity index is 1.46. The predicted molar refractivity (Wildman–Crippen MR) is 107 cm³/mol. The molecule has 0 aromatic heterocycles. The molecule has 1 aromatic carbocycles. The van der Waals surface area contributed by atoms with E-state index in [0.717, 1.165) is 36.9 Å². The standard InChI is InChI=1S/C22H26N4O3/c1-14-10-15(12-23)2-3-17(14)16-4-8-26(9-5-16)21(28)19-18(20(27)25-29)11-22(6-7-22)13-24-19/h2-4,10,18-19,24,29H,5-9,11,13H2,1H3,(H,25,27). The van der Waals surface area contributed by atoms with Crippen molar-refractivity contribution in [2.45, 2.75) is 38.6 Å². The molecule has 2 atom stereocenters. The molecule has 2 fully saturated rings. The van der Waals surface area contributed by atoms with Gasteiger partial charge in [-0.05, 0) is 66.9 Å². The summed E-state index contributed by atoms with van der Waals surface area (Å²) in [6.07, 6.45) is 5.56. The zero-order valence-electron chi connectivity index (χ0n) is 16.6. The van der Waals surface area contributed by atoms with E-state index in [-0.39, 0.29) is 11.3 Å². The average molecular weight is 394 g/mol. The number of benzene rings is 1. The number of piperidine rings is 1. The Hall–Kier alpha value is -2.69. The highest BCUT2D eigenvalue weighted by Crippen LogP contribution is 2.52. The molecule has 2 heterocycles. The van der Waals surface area contributed by atoms with Gasteiger partial charge in [-0.2, -0.15) is 5.26 Å². The topological polar surface area (TPSA) is 105 Å². The van der Waals surface area contributed by atoms with Crippen LogP contribution in [0, 0.1) is 29.6 Å². The first-order valence-corrected chi connectivity index (χ1v) is 10.1. The molecule has 1 aromatic rings. The number of hydrogen-bond acceptors (Lipinski definition) is 5. The third-order valence-corrected chi connectivity index (χ3v) is 6.64. The van der Waals surface area contributed by atoms with E-state index in [0.29, 0.717) is 25.1 Å². The lowest BCUT2D eigenvalue weighted by molar-refractivity contribution is -0.144. The minimum atomic E-state index is -0.597. The lowest BCUT2D eigenvalue weighted by Crippen LogP contribution is -2.59. The van der Waals surface area contributed by atoms with E-state index in [4.69, 9.17) is 10.5 Å². The molecule has 152 valence electrons. The van der Waals surface area contributed by atoms with Crippen LogP contribution in [0.5, 0.6) is 0 Å². The van der Waals surface area contributed by atoms with E-state index >= 15 is 0 Å². The summed E-state index contributed by atoms with van der Waals surface area (Å²) < 4.78 is 0. The van der Waals surface area contributed by atoms with Crippen LogP contribution in [0.15, 0.2) is 24.3 Å². The second-order valence-electron chi connectivity index (χ2n) is 8.55. The second kappa shape index (κ2) is 7.62. The van der Waals surface area contributed by atoms with Gasteiger partial charge < -0.3 is 10.2 Å². The number of hydroxylamine groups is 1. The minimum Gasteiger partial charge on any atom is -0.337 e. The molecule has 2 unspecified atom stereocenters. The molecule has 3 aliphatic rings. The number of nitriles is 1. The molecule has 1 spiro atoms. The summed E-state index contributed by atoms with van der Waals surface area (Å²) in [5, 5.41) is 21.5. The first-order chi connectivity index (χ1) is 14.0. The number of aryl methyl sites for hydroxylation is 1. The van der Waals surface area contributed by atoms with E-state index in [1.54, 1.807) is 10.4 Å². The van der Waals surface area contributed by atoms with Gasteiger partial charge in [0.1, 0.15) is 0 Å². The quantitative estimate of drug-likeness (QED) is 0.535. The highest BCUT2D eigenvalue weighted by atomic mass is 16.5. The summed E-state index contributed by atoms with van der Waals surface area (Å²) in [4.78, 5) is 27.1. The minimum absolute atomic E-state index is 0.0825. The van der Waals surface area contributed by atoms with E-state index in [1.807, 2.05) is 25.1 Å². The van der Waals surface area contributed by atoms with Crippen LogP contribution in [0.4, 0.5) is 0 Å². The van der Waals surface area contributed by atoms with Crippen LogP contribution in [0.25, 0.3) is 5.57 Å². The Morgan fingerprint density at radius 1 is 1.38 bits per heavy atom. The molecule has 3 N–H and O–H groups in total. The third-order valence-electron chi connectivity index (χ3n) is 6.64. The second-order valence-corrected chi connectivity index (χ2v) is 8.55. The molecule has 7 heteroatoms. The summed E-state index contributed by atoms with van der Waals surface area (Å²) in [7, 11) is 0. The molecule has 2 aliphatic heterocycles. The first kappa shape index (κ1) is 19.6. The van der Waals surface area contributed by atoms with Gasteiger partial charge in [0.25, 0.3) is 0 Å². The van der Waals surface area contributed by atoms with Crippen molar-refractivity contribution in [3.63, 3.8) is 0 Å². The van der Waals surface area contributed by atoms with Crippen LogP contribution in [-0.4, -0.2) is 47.6 Å². The molecule has 1 aliphatic carbocycles. The molecule has 0 radical (unpaired) electrons. The van der Waals surface area contributed by atoms with Gasteiger partial charge in [0.2, 0.25) is 11.8 Å². The van der Waals surface area contributed by atoms with Crippen molar-refractivity contribution >= 4 is 17.4 Å². The molecular formula is C22H26N4O3. The van der Waals surface area contributed by atoms with Crippen LogP contribution in [0.2, 0.25) is 0 Å². The Bertz CT molecular complexity index is 913. The zero-order chi connectivity index (χ0) is 20.6. The van der Waals surface area contributed by atoms with Crippen molar-refractivity contribution in [2.75, 3.05) is 19.6 Å². The third kappa shape index (κ3) is 3.78. The maximum absolute atomic E-state index is 13.1. The number of amides is 2. The maximum atomic E-state index is 13.1. The van der Waals surface area contributed by atoms with Gasteiger partial charge >= 0.3 is 0 Å². The van der Waals surface area contributed by atoms with Gasteiger partial charge in [-0.1, -0.05) is 12.1 Å². The van der Waals surface area contributed by atoms with Crippen molar-refractivity contribution in [2.24, 2.45) is 11.3 Å². The van der Waals surface area contributed by atoms with Crippen molar-refractivity contribution in [1.29, 1.82) is 5.26 Å². The summed E-state index contributed by atoms with van der Waals surface area (Å²) >= 11 is 0. The molecule has 7 nitrogen and oxygen atoms in total. The molecule has 0 bridgehead atoms. The van der Waals surface area contributed by atoms with Crippen molar-refractivity contribution in [1.82, 2.24) is 15.7 Å². The number of rotatable bonds is 3. The lowest BCUT2D eigenvalue weighted by atomic mass is 9.81. The van der Waals surface area contributed by atoms with E-state index in [2.05, 4.69) is 17.5 Å². The zero-order valence-corrected chi connectivity index (χ0v) is 16.6. The Kier molecular flexibility index (Phi) is 5.15. The Morgan fingerprint density at radius 2 is 2.17 bits per heavy atom. The van der Waals surface area contributed by atoms with Gasteiger partial charge in [-0.25, -0.2) is 5.48 Å². The monoisotopic (exact) mass is 394 g/mol. The van der Waals surface area contributed by atoms with Crippen LogP contribution >= 0.6 is 0 Å². The molecule has 29 heavy (non-hydrogen) atoms. The SMILES string of the molecule is Cc1cc(C#N)ccc1C1=CCN(C(=O)C2NCC3(CC3)CC2C(=O)NO)CC1. The fourth-order valence-corrected chi connectivity index (χ4v) is 4.67. The summed E-state index contributed by atoms with van der Waals surface area (Å²) in [6, 6.07) is 7.22. The Morgan fingerprint density at radius 3 is 2.76 bits per heavy atom. The normalized spacial score (nSPS) is 25.1. The number of carbonyl (C=O) groups excluding carboxylic acids is 2. The van der Waals surface area contributed by atoms with Crippen molar-refractivity contribution in [3.8, 4) is 6.07 Å². The van der Waals surface area contributed by atoms with E-state index in [9.17, 15) is 9.59 Å². The summed E-state index contributed by atoms with van der Waals surface area (Å²) in [5.41, 5.74) is 5.85.